The van der Waals surface area contributed by atoms with Gasteiger partial charge in [0.05, 0.1) is 24.4 Å². The van der Waals surface area contributed by atoms with E-state index >= 15 is 0 Å². The van der Waals surface area contributed by atoms with Gasteiger partial charge in [0.25, 0.3) is 0 Å². The fourth-order valence-electron chi connectivity index (χ4n) is 2.00. The van der Waals surface area contributed by atoms with E-state index in [2.05, 4.69) is 11.3 Å². The largest absolute Gasteiger partial charge is 0.510 e. The summed E-state index contributed by atoms with van der Waals surface area (Å²) in [6, 6.07) is 11.1. The van der Waals surface area contributed by atoms with Crippen LogP contribution in [0.4, 0.5) is 4.79 Å². The van der Waals surface area contributed by atoms with Gasteiger partial charge in [-0.05, 0) is 12.0 Å². The van der Waals surface area contributed by atoms with Crippen LogP contribution in [-0.4, -0.2) is 35.0 Å². The number of aliphatic carboxylic acids is 1. The van der Waals surface area contributed by atoms with Crippen molar-refractivity contribution in [2.24, 2.45) is 5.92 Å². The average Bonchev–Trinajstić information content (AvgIpc) is 3.44. The molecular formula is C19H19NO6. The van der Waals surface area contributed by atoms with E-state index in [1.807, 2.05) is 30.3 Å². The molecule has 0 bridgehead atoms. The van der Waals surface area contributed by atoms with Gasteiger partial charge in [-0.1, -0.05) is 49.1 Å². The van der Waals surface area contributed by atoms with E-state index in [1.54, 1.807) is 18.2 Å². The first-order valence-corrected chi connectivity index (χ1v) is 7.66. The second-order valence-electron chi connectivity index (χ2n) is 5.16. The minimum Gasteiger partial charge on any atom is -0.478 e. The van der Waals surface area contributed by atoms with E-state index in [9.17, 15) is 14.7 Å². The molecule has 2 unspecified atom stereocenters. The zero-order valence-corrected chi connectivity index (χ0v) is 13.9. The Hall–Kier alpha value is -3.37. The molecule has 1 aliphatic rings. The lowest BCUT2D eigenvalue weighted by atomic mass is 9.93. The number of hydrogen-bond acceptors (Lipinski definition) is 5. The van der Waals surface area contributed by atoms with Gasteiger partial charge in [-0.3, -0.25) is 0 Å². The Morgan fingerprint density at radius 2 is 2.00 bits per heavy atom. The van der Waals surface area contributed by atoms with Gasteiger partial charge in [-0.2, -0.15) is 5.26 Å². The molecule has 0 spiro atoms. The summed E-state index contributed by atoms with van der Waals surface area (Å²) in [5.74, 6) is -1.71. The fraction of sp³-hybridized carbons (Fsp3) is 0.211. The zero-order chi connectivity index (χ0) is 19.4. The van der Waals surface area contributed by atoms with Crippen molar-refractivity contribution >= 4 is 18.2 Å². The third kappa shape index (κ3) is 8.47. The maximum absolute atomic E-state index is 11.4. The van der Waals surface area contributed by atoms with E-state index in [0.29, 0.717) is 13.0 Å². The van der Waals surface area contributed by atoms with Crippen LogP contribution in [0.2, 0.25) is 0 Å². The summed E-state index contributed by atoms with van der Waals surface area (Å²) in [6.45, 7) is 3.70. The number of rotatable bonds is 7. The van der Waals surface area contributed by atoms with Crippen LogP contribution in [0.15, 0.2) is 60.9 Å². The van der Waals surface area contributed by atoms with E-state index < -0.39 is 18.0 Å². The van der Waals surface area contributed by atoms with Crippen LogP contribution in [0.25, 0.3) is 6.08 Å². The maximum Gasteiger partial charge on any atom is 0.510 e. The summed E-state index contributed by atoms with van der Waals surface area (Å²) in [6.07, 6.45) is 4.38. The molecule has 1 saturated heterocycles. The zero-order valence-electron chi connectivity index (χ0n) is 13.9. The Morgan fingerprint density at radius 1 is 1.38 bits per heavy atom. The van der Waals surface area contributed by atoms with Crippen LogP contribution in [-0.2, 0) is 14.3 Å². The molecule has 1 aromatic carbocycles. The quantitative estimate of drug-likeness (QED) is 0.252. The third-order valence-corrected chi connectivity index (χ3v) is 3.26. The fourth-order valence-corrected chi connectivity index (χ4v) is 2.00. The van der Waals surface area contributed by atoms with Crippen molar-refractivity contribution in [3.8, 4) is 6.07 Å². The van der Waals surface area contributed by atoms with Crippen molar-refractivity contribution in [2.75, 3.05) is 6.61 Å². The van der Waals surface area contributed by atoms with Crippen molar-refractivity contribution in [1.82, 2.24) is 0 Å². The van der Waals surface area contributed by atoms with Crippen molar-refractivity contribution in [1.29, 1.82) is 5.26 Å². The van der Waals surface area contributed by atoms with Gasteiger partial charge in [0.1, 0.15) is 6.26 Å². The highest BCUT2D eigenvalue weighted by atomic mass is 16.7. The van der Waals surface area contributed by atoms with Crippen LogP contribution in [0.5, 0.6) is 0 Å². The topological polar surface area (TPSA) is 120 Å². The Kier molecular flexibility index (Phi) is 8.93. The molecule has 0 amide bonds. The highest BCUT2D eigenvalue weighted by molar-refractivity contribution is 5.87. The van der Waals surface area contributed by atoms with Gasteiger partial charge < -0.3 is 19.7 Å². The number of carbonyl (C=O) groups is 2. The molecular weight excluding hydrogens is 338 g/mol. The molecule has 0 aliphatic carbocycles. The van der Waals surface area contributed by atoms with Gasteiger partial charge in [-0.15, -0.1) is 0 Å². The molecule has 0 aromatic heterocycles. The standard InChI is InChI=1S/C16H16O6.C3H3N/c17-15(18)14(10-22-16(19)20)12(8-13-9-21-13)7-6-11-4-2-1-3-5-11;1-2-3-4/h1-7,10,12-13H,8-9H2,(H,17,18)(H,19,20);2H,1H2. The molecule has 1 fully saturated rings. The molecule has 7 heteroatoms. The van der Waals surface area contributed by atoms with E-state index in [4.69, 9.17) is 15.1 Å². The SMILES string of the molecule is C=CC#N.O=C(O)OC=C(C(=O)O)C(C=Cc1ccccc1)CC1CO1. The molecule has 0 saturated carbocycles. The Morgan fingerprint density at radius 3 is 2.46 bits per heavy atom. The van der Waals surface area contributed by atoms with Crippen molar-refractivity contribution < 1.29 is 29.3 Å². The van der Waals surface area contributed by atoms with Crippen LogP contribution in [0.1, 0.15) is 12.0 Å². The minimum absolute atomic E-state index is 0.00185. The molecule has 2 atom stereocenters. The van der Waals surface area contributed by atoms with Gasteiger partial charge >= 0.3 is 12.1 Å². The maximum atomic E-state index is 11.4. The first kappa shape index (κ1) is 20.7. The van der Waals surface area contributed by atoms with Gasteiger partial charge in [0, 0.05) is 12.0 Å². The molecule has 0 radical (unpaired) electrons. The van der Waals surface area contributed by atoms with Crippen molar-refractivity contribution in [3.63, 3.8) is 0 Å². The van der Waals surface area contributed by atoms with Crippen molar-refractivity contribution in [2.45, 2.75) is 12.5 Å². The van der Waals surface area contributed by atoms with Crippen LogP contribution in [0, 0.1) is 17.2 Å². The Labute approximate surface area is 151 Å². The van der Waals surface area contributed by atoms with E-state index in [-0.39, 0.29) is 11.7 Å². The summed E-state index contributed by atoms with van der Waals surface area (Å²) in [5.41, 5.74) is 0.804. The summed E-state index contributed by atoms with van der Waals surface area (Å²) in [5, 5.41) is 25.3. The predicted octanol–water partition coefficient (Wildman–Crippen LogP) is 3.46. The smallest absolute Gasteiger partial charge is 0.478 e. The predicted molar refractivity (Wildman–Crippen MR) is 94.0 cm³/mol. The van der Waals surface area contributed by atoms with Gasteiger partial charge in [0.15, 0.2) is 0 Å². The molecule has 2 N–H and O–H groups in total. The first-order valence-electron chi connectivity index (χ1n) is 7.66. The molecule has 136 valence electrons. The van der Waals surface area contributed by atoms with Crippen LogP contribution < -0.4 is 0 Å². The number of nitrogens with zero attached hydrogens (tertiary/aromatic N) is 1. The molecule has 1 aliphatic heterocycles. The molecule has 1 heterocycles. The molecule has 2 rings (SSSR count). The van der Waals surface area contributed by atoms with E-state index in [1.165, 1.54) is 6.08 Å². The number of carboxylic acids is 1. The lowest BCUT2D eigenvalue weighted by molar-refractivity contribution is -0.133. The Balaban J connectivity index is 0.000000765. The summed E-state index contributed by atoms with van der Waals surface area (Å²) in [4.78, 5) is 21.8. The number of epoxide rings is 1. The monoisotopic (exact) mass is 357 g/mol. The summed E-state index contributed by atoms with van der Waals surface area (Å²) in [7, 11) is 0. The van der Waals surface area contributed by atoms with Gasteiger partial charge in [0.2, 0.25) is 0 Å². The second kappa shape index (κ2) is 11.2. The first-order chi connectivity index (χ1) is 12.5. The number of benzene rings is 1. The lowest BCUT2D eigenvalue weighted by Crippen LogP contribution is -2.14. The number of allylic oxidation sites excluding steroid dienone is 2. The number of hydrogen-bond donors (Lipinski definition) is 2. The second-order valence-corrected chi connectivity index (χ2v) is 5.16. The summed E-state index contributed by atoms with van der Waals surface area (Å²) < 4.78 is 9.43. The van der Waals surface area contributed by atoms with E-state index in [0.717, 1.165) is 11.8 Å². The number of ether oxygens (including phenoxy) is 2. The van der Waals surface area contributed by atoms with Gasteiger partial charge in [-0.25, -0.2) is 9.59 Å². The molecule has 1 aromatic rings. The highest BCUT2D eigenvalue weighted by Gasteiger charge is 2.30. The average molecular weight is 357 g/mol. The normalized spacial score (nSPS) is 16.6. The third-order valence-electron chi connectivity index (χ3n) is 3.26. The Bertz CT molecular complexity index is 713. The number of nitriles is 1. The number of carboxylic acid groups (broad SMARTS) is 2. The minimum atomic E-state index is -1.55. The molecule has 7 nitrogen and oxygen atoms in total. The lowest BCUT2D eigenvalue weighted by Gasteiger charge is -2.12. The van der Waals surface area contributed by atoms with Crippen molar-refractivity contribution in [3.05, 3.63) is 66.5 Å². The molecule has 26 heavy (non-hydrogen) atoms. The highest BCUT2D eigenvalue weighted by Crippen LogP contribution is 2.27. The van der Waals surface area contributed by atoms with Crippen LogP contribution in [0.3, 0.4) is 0 Å². The summed E-state index contributed by atoms with van der Waals surface area (Å²) >= 11 is 0. The van der Waals surface area contributed by atoms with Crippen LogP contribution >= 0.6 is 0 Å².